The third kappa shape index (κ3) is 2.06. The normalized spacial score (nSPS) is 10.8. The maximum Gasteiger partial charge on any atom is 0.0848 e. The highest BCUT2D eigenvalue weighted by atomic mass is 15.1. The highest BCUT2D eigenvalue weighted by Crippen LogP contribution is 2.04. The zero-order chi connectivity index (χ0) is 8.93. The van der Waals surface area contributed by atoms with Crippen LogP contribution in [0.15, 0.2) is 36.5 Å². The molecule has 1 N–H and O–H groups in total. The number of aromatic nitrogens is 2. The molecule has 2 heteroatoms. The smallest absolute Gasteiger partial charge is 0.0848 e. The Balaban J connectivity index is 2.15. The topological polar surface area (TPSA) is 28.7 Å². The molecule has 0 unspecified atom stereocenters. The van der Waals surface area contributed by atoms with Crippen molar-refractivity contribution in [2.45, 2.75) is 0 Å². The Kier molecular flexibility index (Phi) is 2.23. The van der Waals surface area contributed by atoms with Gasteiger partial charge in [0.2, 0.25) is 0 Å². The van der Waals surface area contributed by atoms with Gasteiger partial charge >= 0.3 is 0 Å². The van der Waals surface area contributed by atoms with Crippen LogP contribution in [0.25, 0.3) is 12.2 Å². The van der Waals surface area contributed by atoms with Gasteiger partial charge in [0.25, 0.3) is 0 Å². The summed E-state index contributed by atoms with van der Waals surface area (Å²) in [6, 6.07) is 12.7. The van der Waals surface area contributed by atoms with Crippen LogP contribution in [0.5, 0.6) is 0 Å². The molecule has 0 fully saturated rings. The molecule has 63 valence electrons. The number of hydrogen-bond donors (Lipinski definition) is 1. The van der Waals surface area contributed by atoms with Gasteiger partial charge in [-0.25, -0.2) is 0 Å². The van der Waals surface area contributed by atoms with Crippen molar-refractivity contribution >= 4 is 12.2 Å². The first-order chi connectivity index (χ1) is 6.45. The molecule has 13 heavy (non-hydrogen) atoms. The average Bonchev–Trinajstić information content (AvgIpc) is 2.69. The van der Waals surface area contributed by atoms with Gasteiger partial charge in [0.1, 0.15) is 0 Å². The predicted molar refractivity (Wildman–Crippen MR) is 52.8 cm³/mol. The van der Waals surface area contributed by atoms with Crippen molar-refractivity contribution in [3.8, 4) is 0 Å². The van der Waals surface area contributed by atoms with E-state index in [9.17, 15) is 0 Å². The Hall–Kier alpha value is -1.83. The first-order valence-electron chi connectivity index (χ1n) is 4.09. The molecule has 0 atom stereocenters. The molecule has 1 aromatic heterocycles. The van der Waals surface area contributed by atoms with E-state index in [0.717, 1.165) is 11.3 Å². The van der Waals surface area contributed by atoms with Crippen LogP contribution < -0.4 is 0 Å². The van der Waals surface area contributed by atoms with Gasteiger partial charge in [-0.15, -0.1) is 0 Å². The number of rotatable bonds is 2. The third-order valence-electron chi connectivity index (χ3n) is 1.71. The van der Waals surface area contributed by atoms with E-state index in [1.165, 1.54) is 0 Å². The molecule has 1 aromatic carbocycles. The third-order valence-corrected chi connectivity index (χ3v) is 1.71. The molecule has 2 aromatic rings. The van der Waals surface area contributed by atoms with Crippen molar-refractivity contribution in [3.63, 3.8) is 0 Å². The van der Waals surface area contributed by atoms with Crippen molar-refractivity contribution in [2.24, 2.45) is 0 Å². The number of aromatic amines is 1. The Morgan fingerprint density at radius 3 is 2.69 bits per heavy atom. The number of benzene rings is 1. The summed E-state index contributed by atoms with van der Waals surface area (Å²) in [6.07, 6.45) is 5.79. The van der Waals surface area contributed by atoms with Gasteiger partial charge in [-0.05, 0) is 23.8 Å². The number of H-pyrrole nitrogens is 1. The van der Waals surface area contributed by atoms with Crippen LogP contribution >= 0.6 is 0 Å². The lowest BCUT2D eigenvalue weighted by Crippen LogP contribution is -1.72. The lowest BCUT2D eigenvalue weighted by Gasteiger charge is -1.88. The van der Waals surface area contributed by atoms with E-state index >= 15 is 0 Å². The van der Waals surface area contributed by atoms with Gasteiger partial charge in [-0.1, -0.05) is 30.3 Å². The second kappa shape index (κ2) is 3.72. The van der Waals surface area contributed by atoms with Crippen LogP contribution in [-0.4, -0.2) is 10.2 Å². The molecule has 0 saturated carbocycles. The molecule has 0 aliphatic rings. The van der Waals surface area contributed by atoms with Crippen LogP contribution in [0.1, 0.15) is 11.3 Å². The van der Waals surface area contributed by atoms with E-state index in [4.69, 9.17) is 0 Å². The van der Waals surface area contributed by atoms with E-state index in [1.807, 2.05) is 42.5 Å². The van der Waals surface area contributed by atoms with E-state index < -0.39 is 0 Å². The van der Waals surface area contributed by atoms with Crippen LogP contribution in [-0.2, 0) is 0 Å². The first-order valence-corrected chi connectivity index (χ1v) is 4.09. The lowest BCUT2D eigenvalue weighted by atomic mass is 10.2. The molecule has 1 heterocycles. The van der Waals surface area contributed by atoms with Gasteiger partial charge in [-0.2, -0.15) is 5.10 Å². The summed E-state index contributed by atoms with van der Waals surface area (Å²) in [4.78, 5) is 0. The van der Waals surface area contributed by atoms with E-state index in [-0.39, 0.29) is 0 Å². The summed E-state index contributed by atoms with van der Waals surface area (Å²) >= 11 is 0. The molecular formula is C11H9N2. The fourth-order valence-electron chi connectivity index (χ4n) is 1.06. The van der Waals surface area contributed by atoms with Crippen molar-refractivity contribution < 1.29 is 0 Å². The molecule has 0 spiro atoms. The molecule has 0 bridgehead atoms. The van der Waals surface area contributed by atoms with Crippen molar-refractivity contribution in [2.75, 3.05) is 0 Å². The van der Waals surface area contributed by atoms with Gasteiger partial charge in [0, 0.05) is 6.20 Å². The monoisotopic (exact) mass is 169 g/mol. The largest absolute Gasteiger partial charge is 0.285 e. The van der Waals surface area contributed by atoms with E-state index in [2.05, 4.69) is 16.3 Å². The Morgan fingerprint density at radius 2 is 2.00 bits per heavy atom. The maximum absolute atomic E-state index is 4.01. The van der Waals surface area contributed by atoms with Crippen LogP contribution in [0.2, 0.25) is 0 Å². The molecule has 0 saturated heterocycles. The quantitative estimate of drug-likeness (QED) is 0.734. The zero-order valence-electron chi connectivity index (χ0n) is 7.07. The van der Waals surface area contributed by atoms with Crippen molar-refractivity contribution in [1.29, 1.82) is 0 Å². The summed E-state index contributed by atoms with van der Waals surface area (Å²) in [5.74, 6) is 0. The highest BCUT2D eigenvalue weighted by Gasteiger charge is 1.86. The molecule has 0 aliphatic heterocycles. The van der Waals surface area contributed by atoms with Gasteiger partial charge in [0.15, 0.2) is 0 Å². The minimum Gasteiger partial charge on any atom is -0.285 e. The minimum absolute atomic E-state index is 0.938. The molecular weight excluding hydrogens is 160 g/mol. The van der Waals surface area contributed by atoms with Crippen LogP contribution in [0.3, 0.4) is 0 Å². The number of hydrogen-bond acceptors (Lipinski definition) is 1. The summed E-state index contributed by atoms with van der Waals surface area (Å²) in [5, 5.41) is 6.77. The van der Waals surface area contributed by atoms with E-state index in [0.29, 0.717) is 0 Å². The molecule has 1 radical (unpaired) electrons. The summed E-state index contributed by atoms with van der Waals surface area (Å²) in [6.45, 7) is 0. The highest BCUT2D eigenvalue weighted by molar-refractivity contribution is 5.67. The van der Waals surface area contributed by atoms with Gasteiger partial charge in [-0.3, -0.25) is 5.10 Å². The van der Waals surface area contributed by atoms with Crippen LogP contribution in [0, 0.1) is 6.07 Å². The fraction of sp³-hybridized carbons (Fsp3) is 0. The Labute approximate surface area is 76.9 Å². The summed E-state index contributed by atoms with van der Waals surface area (Å²) in [5.41, 5.74) is 2.09. The SMILES string of the molecule is [c]1ccc(/C=C\c2cc[nH]n2)cc1. The van der Waals surface area contributed by atoms with E-state index in [1.54, 1.807) is 6.20 Å². The second-order valence-corrected chi connectivity index (χ2v) is 2.67. The fourth-order valence-corrected chi connectivity index (χ4v) is 1.06. The first kappa shape index (κ1) is 7.80. The maximum atomic E-state index is 4.01. The molecule has 0 amide bonds. The Morgan fingerprint density at radius 1 is 1.15 bits per heavy atom. The van der Waals surface area contributed by atoms with Gasteiger partial charge < -0.3 is 0 Å². The zero-order valence-corrected chi connectivity index (χ0v) is 7.07. The summed E-state index contributed by atoms with van der Waals surface area (Å²) < 4.78 is 0. The van der Waals surface area contributed by atoms with Crippen LogP contribution in [0.4, 0.5) is 0 Å². The van der Waals surface area contributed by atoms with Crippen molar-refractivity contribution in [3.05, 3.63) is 53.9 Å². The number of nitrogens with zero attached hydrogens (tertiary/aromatic N) is 1. The second-order valence-electron chi connectivity index (χ2n) is 2.67. The Bertz CT molecular complexity index is 374. The standard InChI is InChI=1S/C11H9N2/c1-2-4-10(5-3-1)6-7-11-8-9-12-13-11/h2-9H,(H,12,13)/b7-6-. The minimum atomic E-state index is 0.938. The van der Waals surface area contributed by atoms with Crippen molar-refractivity contribution in [1.82, 2.24) is 10.2 Å². The summed E-state index contributed by atoms with van der Waals surface area (Å²) in [7, 11) is 0. The predicted octanol–water partition coefficient (Wildman–Crippen LogP) is 2.38. The average molecular weight is 169 g/mol. The number of nitrogens with one attached hydrogen (secondary N) is 1. The molecule has 2 rings (SSSR count). The molecule has 0 aliphatic carbocycles. The lowest BCUT2D eigenvalue weighted by molar-refractivity contribution is 1.08. The molecule has 2 nitrogen and oxygen atoms in total. The van der Waals surface area contributed by atoms with Gasteiger partial charge in [0.05, 0.1) is 5.69 Å².